The summed E-state index contributed by atoms with van der Waals surface area (Å²) in [5, 5.41) is 16.3. The molecule has 4 nitrogen and oxygen atoms in total. The molecule has 1 atom stereocenters. The molecule has 2 N–H and O–H groups in total. The molecule has 1 aromatic rings. The van der Waals surface area contributed by atoms with E-state index in [0.717, 1.165) is 42.7 Å². The van der Waals surface area contributed by atoms with Crippen molar-refractivity contribution in [3.8, 4) is 6.07 Å². The van der Waals surface area contributed by atoms with Crippen molar-refractivity contribution in [1.29, 1.82) is 5.26 Å². The largest absolute Gasteiger partial charge is 0.315 e. The predicted octanol–water partition coefficient (Wildman–Crippen LogP) is 3.10. The summed E-state index contributed by atoms with van der Waals surface area (Å²) in [4.78, 5) is 13.7. The number of hydrogen-bond acceptors (Lipinski definition) is 4. The van der Waals surface area contributed by atoms with Crippen LogP contribution in [0.25, 0.3) is 0 Å². The van der Waals surface area contributed by atoms with E-state index in [9.17, 15) is 10.1 Å². The van der Waals surface area contributed by atoms with Crippen molar-refractivity contribution in [2.24, 2.45) is 0 Å². The van der Waals surface area contributed by atoms with Crippen LogP contribution in [0.15, 0.2) is 0 Å². The van der Waals surface area contributed by atoms with Crippen molar-refractivity contribution in [1.82, 2.24) is 5.32 Å². The minimum atomic E-state index is -0.451. The highest BCUT2D eigenvalue weighted by atomic mass is 32.1. The van der Waals surface area contributed by atoms with Gasteiger partial charge in [0.2, 0.25) is 5.91 Å². The highest BCUT2D eigenvalue weighted by Gasteiger charge is 2.40. The first-order valence-electron chi connectivity index (χ1n) is 7.10. The quantitative estimate of drug-likeness (QED) is 0.896. The number of nitriles is 1. The summed E-state index contributed by atoms with van der Waals surface area (Å²) >= 11 is 1.49. The van der Waals surface area contributed by atoms with Crippen LogP contribution in [0, 0.1) is 25.2 Å². The molecule has 20 heavy (non-hydrogen) atoms. The first-order valence-corrected chi connectivity index (χ1v) is 7.92. The topological polar surface area (TPSA) is 64.9 Å². The van der Waals surface area contributed by atoms with Gasteiger partial charge < -0.3 is 10.6 Å². The van der Waals surface area contributed by atoms with Gasteiger partial charge in [-0.3, -0.25) is 4.79 Å². The molecule has 1 unspecified atom stereocenters. The average molecular weight is 291 g/mol. The van der Waals surface area contributed by atoms with Gasteiger partial charge >= 0.3 is 0 Å². The third-order valence-electron chi connectivity index (χ3n) is 4.08. The highest BCUT2D eigenvalue weighted by Crippen LogP contribution is 2.33. The third kappa shape index (κ3) is 2.58. The summed E-state index contributed by atoms with van der Waals surface area (Å²) in [5.74, 6) is 0.00889. The predicted molar refractivity (Wildman–Crippen MR) is 82.0 cm³/mol. The zero-order valence-electron chi connectivity index (χ0n) is 12.3. The summed E-state index contributed by atoms with van der Waals surface area (Å²) in [6, 6.07) is 2.20. The first kappa shape index (κ1) is 15.0. The van der Waals surface area contributed by atoms with Gasteiger partial charge in [0.25, 0.3) is 0 Å². The lowest BCUT2D eigenvalue weighted by Crippen LogP contribution is -2.50. The molecule has 2 rings (SSSR count). The van der Waals surface area contributed by atoms with Gasteiger partial charge in [0.15, 0.2) is 0 Å². The molecular formula is C15H21N3OS. The van der Waals surface area contributed by atoms with Crippen molar-refractivity contribution in [2.75, 3.05) is 11.9 Å². The Morgan fingerprint density at radius 1 is 1.55 bits per heavy atom. The fourth-order valence-corrected chi connectivity index (χ4v) is 3.83. The second-order valence-electron chi connectivity index (χ2n) is 5.42. The van der Waals surface area contributed by atoms with Crippen molar-refractivity contribution in [2.45, 2.75) is 52.0 Å². The molecule has 0 aliphatic carbocycles. The number of anilines is 1. The molecule has 1 aliphatic heterocycles. The van der Waals surface area contributed by atoms with Crippen molar-refractivity contribution in [3.63, 3.8) is 0 Å². The SMILES string of the molecule is CCCC1(C(=O)Nc2sc(C)c(C)c2C#N)CCCN1. The molecule has 0 radical (unpaired) electrons. The van der Waals surface area contributed by atoms with Crippen LogP contribution in [-0.4, -0.2) is 18.0 Å². The lowest BCUT2D eigenvalue weighted by Gasteiger charge is -2.27. The minimum Gasteiger partial charge on any atom is -0.315 e. The van der Waals surface area contributed by atoms with Crippen LogP contribution in [0.5, 0.6) is 0 Å². The molecule has 1 aliphatic rings. The number of carbonyl (C=O) groups excluding carboxylic acids is 1. The number of hydrogen-bond donors (Lipinski definition) is 2. The second-order valence-corrected chi connectivity index (χ2v) is 6.64. The maximum atomic E-state index is 12.6. The van der Waals surface area contributed by atoms with E-state index in [1.165, 1.54) is 11.3 Å². The Labute approximate surface area is 124 Å². The Balaban J connectivity index is 2.23. The Bertz CT molecular complexity index is 550. The maximum absolute atomic E-state index is 12.6. The van der Waals surface area contributed by atoms with E-state index in [1.807, 2.05) is 13.8 Å². The number of nitrogens with one attached hydrogen (secondary N) is 2. The van der Waals surface area contributed by atoms with Gasteiger partial charge in [-0.1, -0.05) is 13.3 Å². The number of nitrogens with zero attached hydrogens (tertiary/aromatic N) is 1. The van der Waals surface area contributed by atoms with Gasteiger partial charge in [-0.15, -0.1) is 11.3 Å². The van der Waals surface area contributed by atoms with Crippen molar-refractivity contribution in [3.05, 3.63) is 16.0 Å². The van der Waals surface area contributed by atoms with Crippen molar-refractivity contribution < 1.29 is 4.79 Å². The zero-order valence-corrected chi connectivity index (χ0v) is 13.1. The Kier molecular flexibility index (Phi) is 4.46. The van der Waals surface area contributed by atoms with E-state index in [-0.39, 0.29) is 5.91 Å². The fraction of sp³-hybridized carbons (Fsp3) is 0.600. The monoisotopic (exact) mass is 291 g/mol. The van der Waals surface area contributed by atoms with Crippen LogP contribution in [0.3, 0.4) is 0 Å². The molecule has 0 aromatic carbocycles. The van der Waals surface area contributed by atoms with Gasteiger partial charge in [0, 0.05) is 4.88 Å². The Morgan fingerprint density at radius 3 is 2.85 bits per heavy atom. The standard InChI is InChI=1S/C15H21N3OS/c1-4-6-15(7-5-8-17-15)14(19)18-13-12(9-16)10(2)11(3)20-13/h17H,4-8H2,1-3H3,(H,18,19). The van der Waals surface area contributed by atoms with Gasteiger partial charge in [0.1, 0.15) is 11.1 Å². The van der Waals surface area contributed by atoms with Gasteiger partial charge in [-0.2, -0.15) is 5.26 Å². The molecule has 0 spiro atoms. The van der Waals surface area contributed by atoms with Gasteiger partial charge in [-0.25, -0.2) is 0 Å². The smallest absolute Gasteiger partial charge is 0.245 e. The number of rotatable bonds is 4. The van der Waals surface area contributed by atoms with E-state index in [4.69, 9.17) is 0 Å². The van der Waals surface area contributed by atoms with E-state index < -0.39 is 5.54 Å². The number of amides is 1. The van der Waals surface area contributed by atoms with Crippen LogP contribution < -0.4 is 10.6 Å². The van der Waals surface area contributed by atoms with Gasteiger partial charge in [0.05, 0.1) is 11.1 Å². The normalized spacial score (nSPS) is 21.7. The first-order chi connectivity index (χ1) is 9.54. The number of carbonyl (C=O) groups is 1. The molecule has 0 bridgehead atoms. The second kappa shape index (κ2) is 5.94. The fourth-order valence-electron chi connectivity index (χ4n) is 2.83. The van der Waals surface area contributed by atoms with Crippen LogP contribution in [0.1, 0.15) is 48.6 Å². The number of aryl methyl sites for hydroxylation is 1. The molecule has 1 aromatic heterocycles. The zero-order chi connectivity index (χ0) is 14.8. The molecule has 1 saturated heterocycles. The summed E-state index contributed by atoms with van der Waals surface area (Å²) in [7, 11) is 0. The van der Waals surface area contributed by atoms with Crippen LogP contribution in [0.2, 0.25) is 0 Å². The van der Waals surface area contributed by atoms with Crippen molar-refractivity contribution >= 4 is 22.2 Å². The lowest BCUT2D eigenvalue weighted by atomic mass is 9.91. The van der Waals surface area contributed by atoms with Crippen LogP contribution in [0.4, 0.5) is 5.00 Å². The maximum Gasteiger partial charge on any atom is 0.245 e. The number of thiophene rings is 1. The third-order valence-corrected chi connectivity index (χ3v) is 5.20. The molecule has 2 heterocycles. The van der Waals surface area contributed by atoms with E-state index in [2.05, 4.69) is 23.6 Å². The van der Waals surface area contributed by atoms with E-state index in [1.54, 1.807) is 0 Å². The van der Waals surface area contributed by atoms with E-state index >= 15 is 0 Å². The van der Waals surface area contributed by atoms with E-state index in [0.29, 0.717) is 10.6 Å². The molecular weight excluding hydrogens is 270 g/mol. The summed E-state index contributed by atoms with van der Waals surface area (Å²) in [5.41, 5.74) is 1.12. The molecule has 5 heteroatoms. The summed E-state index contributed by atoms with van der Waals surface area (Å²) in [6.45, 7) is 6.89. The molecule has 1 amide bonds. The molecule has 0 saturated carbocycles. The average Bonchev–Trinajstić information content (AvgIpc) is 2.98. The summed E-state index contributed by atoms with van der Waals surface area (Å²) in [6.07, 6.45) is 3.71. The highest BCUT2D eigenvalue weighted by molar-refractivity contribution is 7.16. The Hall–Kier alpha value is -1.38. The van der Waals surface area contributed by atoms with Crippen LogP contribution >= 0.6 is 11.3 Å². The minimum absolute atomic E-state index is 0.00889. The molecule has 108 valence electrons. The summed E-state index contributed by atoms with van der Waals surface area (Å²) < 4.78 is 0. The van der Waals surface area contributed by atoms with Gasteiger partial charge in [-0.05, 0) is 45.2 Å². The van der Waals surface area contributed by atoms with Crippen LogP contribution in [-0.2, 0) is 4.79 Å². The lowest BCUT2D eigenvalue weighted by molar-refractivity contribution is -0.122. The molecule has 1 fully saturated rings. The Morgan fingerprint density at radius 2 is 2.30 bits per heavy atom.